The SMILES string of the molecule is COc1ccc(F)cc1C(=O)CN(C)CC1CCN(C)C1. The predicted molar refractivity (Wildman–Crippen MR) is 80.4 cm³/mol. The number of methoxy groups -OCH3 is 1. The van der Waals surface area contributed by atoms with Gasteiger partial charge in [0.2, 0.25) is 0 Å². The normalized spacial score (nSPS) is 19.2. The summed E-state index contributed by atoms with van der Waals surface area (Å²) in [6, 6.07) is 4.04. The Morgan fingerprint density at radius 1 is 1.52 bits per heavy atom. The molecule has 5 heteroatoms. The molecule has 116 valence electrons. The number of halogens is 1. The Morgan fingerprint density at radius 3 is 2.90 bits per heavy atom. The van der Waals surface area contributed by atoms with Crippen LogP contribution in [0.25, 0.3) is 0 Å². The lowest BCUT2D eigenvalue weighted by atomic mass is 10.1. The zero-order chi connectivity index (χ0) is 15.4. The van der Waals surface area contributed by atoms with E-state index in [9.17, 15) is 9.18 Å². The van der Waals surface area contributed by atoms with E-state index >= 15 is 0 Å². The van der Waals surface area contributed by atoms with Crippen molar-refractivity contribution in [2.24, 2.45) is 5.92 Å². The smallest absolute Gasteiger partial charge is 0.180 e. The molecule has 1 heterocycles. The highest BCUT2D eigenvalue weighted by Gasteiger charge is 2.22. The number of ketones is 1. The summed E-state index contributed by atoms with van der Waals surface area (Å²) >= 11 is 0. The first-order valence-corrected chi connectivity index (χ1v) is 7.23. The zero-order valence-electron chi connectivity index (χ0n) is 12.9. The van der Waals surface area contributed by atoms with Crippen molar-refractivity contribution >= 4 is 5.78 Å². The van der Waals surface area contributed by atoms with Crippen molar-refractivity contribution in [3.8, 4) is 5.75 Å². The van der Waals surface area contributed by atoms with Gasteiger partial charge in [0.15, 0.2) is 5.78 Å². The van der Waals surface area contributed by atoms with Crippen LogP contribution >= 0.6 is 0 Å². The molecule has 1 aromatic carbocycles. The van der Waals surface area contributed by atoms with Gasteiger partial charge in [-0.2, -0.15) is 0 Å². The maximum absolute atomic E-state index is 13.3. The molecule has 0 radical (unpaired) electrons. The van der Waals surface area contributed by atoms with Gasteiger partial charge in [-0.1, -0.05) is 0 Å². The van der Waals surface area contributed by atoms with Crippen molar-refractivity contribution in [2.75, 3.05) is 47.4 Å². The van der Waals surface area contributed by atoms with Crippen LogP contribution in [0.1, 0.15) is 16.8 Å². The first kappa shape index (κ1) is 15.9. The van der Waals surface area contributed by atoms with Crippen LogP contribution in [0.5, 0.6) is 5.75 Å². The fourth-order valence-electron chi connectivity index (χ4n) is 2.91. The third-order valence-electron chi connectivity index (χ3n) is 3.93. The van der Waals surface area contributed by atoms with E-state index in [4.69, 9.17) is 4.74 Å². The fraction of sp³-hybridized carbons (Fsp3) is 0.562. The van der Waals surface area contributed by atoms with Crippen LogP contribution in [0, 0.1) is 11.7 Å². The average Bonchev–Trinajstić information content (AvgIpc) is 2.83. The lowest BCUT2D eigenvalue weighted by molar-refractivity contribution is 0.0935. The Morgan fingerprint density at radius 2 is 2.29 bits per heavy atom. The summed E-state index contributed by atoms with van der Waals surface area (Å²) in [4.78, 5) is 16.6. The van der Waals surface area contributed by atoms with Crippen LogP contribution in [0.4, 0.5) is 4.39 Å². The van der Waals surface area contributed by atoms with Crippen molar-refractivity contribution in [3.63, 3.8) is 0 Å². The van der Waals surface area contributed by atoms with Gasteiger partial charge in [0.25, 0.3) is 0 Å². The quantitative estimate of drug-likeness (QED) is 0.750. The monoisotopic (exact) mass is 294 g/mol. The van der Waals surface area contributed by atoms with E-state index in [0.717, 1.165) is 26.1 Å². The van der Waals surface area contributed by atoms with Gasteiger partial charge < -0.3 is 9.64 Å². The number of nitrogens with zero attached hydrogens (tertiary/aromatic N) is 2. The molecule has 0 amide bonds. The molecule has 0 aliphatic carbocycles. The summed E-state index contributed by atoms with van der Waals surface area (Å²) in [7, 11) is 5.53. The highest BCUT2D eigenvalue weighted by Crippen LogP contribution is 2.21. The molecule has 1 aromatic rings. The van der Waals surface area contributed by atoms with Crippen LogP contribution in [0.3, 0.4) is 0 Å². The number of benzene rings is 1. The highest BCUT2D eigenvalue weighted by molar-refractivity contribution is 6.00. The maximum Gasteiger partial charge on any atom is 0.180 e. The Bertz CT molecular complexity index is 507. The Kier molecular flexibility index (Phi) is 5.31. The number of likely N-dealkylation sites (tertiary alicyclic amines) is 1. The van der Waals surface area contributed by atoms with Gasteiger partial charge in [0.05, 0.1) is 19.2 Å². The molecule has 0 saturated carbocycles. The molecule has 0 N–H and O–H groups in total. The first-order valence-electron chi connectivity index (χ1n) is 7.23. The fourth-order valence-corrected chi connectivity index (χ4v) is 2.91. The molecule has 1 saturated heterocycles. The third kappa shape index (κ3) is 4.25. The predicted octanol–water partition coefficient (Wildman–Crippen LogP) is 1.90. The zero-order valence-corrected chi connectivity index (χ0v) is 12.9. The first-order chi connectivity index (χ1) is 9.99. The number of rotatable bonds is 6. The van der Waals surface area contributed by atoms with E-state index in [-0.39, 0.29) is 12.3 Å². The summed E-state index contributed by atoms with van der Waals surface area (Å²) in [5.74, 6) is 0.497. The van der Waals surface area contributed by atoms with E-state index in [0.29, 0.717) is 17.2 Å². The standard InChI is InChI=1S/C16H23FN2O2/c1-18-7-6-12(9-18)10-19(2)11-15(20)14-8-13(17)4-5-16(14)21-3/h4-5,8,12H,6-7,9-11H2,1-3H3. The molecular formula is C16H23FN2O2. The number of hydrogen-bond acceptors (Lipinski definition) is 4. The van der Waals surface area contributed by atoms with Crippen LogP contribution in [-0.4, -0.2) is 63.0 Å². The molecule has 1 unspecified atom stereocenters. The summed E-state index contributed by atoms with van der Waals surface area (Å²) in [6.45, 7) is 3.35. The number of likely N-dealkylation sites (N-methyl/N-ethyl adjacent to an activating group) is 1. The molecule has 4 nitrogen and oxygen atoms in total. The minimum absolute atomic E-state index is 0.111. The minimum atomic E-state index is -0.417. The molecular weight excluding hydrogens is 271 g/mol. The molecule has 2 rings (SSSR count). The van der Waals surface area contributed by atoms with Gasteiger partial charge in [-0.25, -0.2) is 4.39 Å². The van der Waals surface area contributed by atoms with E-state index < -0.39 is 5.82 Å². The molecule has 1 aliphatic rings. The highest BCUT2D eigenvalue weighted by atomic mass is 19.1. The number of carbonyl (C=O) groups is 1. The van der Waals surface area contributed by atoms with Crippen molar-refractivity contribution in [3.05, 3.63) is 29.6 Å². The number of ether oxygens (including phenoxy) is 1. The molecule has 0 bridgehead atoms. The summed E-state index contributed by atoms with van der Waals surface area (Å²) in [5.41, 5.74) is 0.313. The van der Waals surface area contributed by atoms with Gasteiger partial charge >= 0.3 is 0 Å². The van der Waals surface area contributed by atoms with Crippen molar-refractivity contribution in [2.45, 2.75) is 6.42 Å². The third-order valence-corrected chi connectivity index (χ3v) is 3.93. The van der Waals surface area contributed by atoms with Crippen molar-refractivity contribution < 1.29 is 13.9 Å². The van der Waals surface area contributed by atoms with Crippen LogP contribution in [0.2, 0.25) is 0 Å². The second-order valence-electron chi connectivity index (χ2n) is 5.88. The number of hydrogen-bond donors (Lipinski definition) is 0. The van der Waals surface area contributed by atoms with Gasteiger partial charge in [-0.3, -0.25) is 9.69 Å². The summed E-state index contributed by atoms with van der Waals surface area (Å²) in [5, 5.41) is 0. The van der Waals surface area contributed by atoms with E-state index in [1.165, 1.54) is 25.3 Å². The molecule has 0 spiro atoms. The molecule has 1 atom stereocenters. The second kappa shape index (κ2) is 7.00. The largest absolute Gasteiger partial charge is 0.496 e. The molecule has 21 heavy (non-hydrogen) atoms. The summed E-state index contributed by atoms with van der Waals surface area (Å²) < 4.78 is 18.5. The Labute approximate surface area is 125 Å². The van der Waals surface area contributed by atoms with Gasteiger partial charge in [0, 0.05) is 13.1 Å². The summed E-state index contributed by atoms with van der Waals surface area (Å²) in [6.07, 6.45) is 1.16. The maximum atomic E-state index is 13.3. The van der Waals surface area contributed by atoms with Gasteiger partial charge in [-0.15, -0.1) is 0 Å². The molecule has 1 fully saturated rings. The topological polar surface area (TPSA) is 32.8 Å². The van der Waals surface area contributed by atoms with E-state index in [1.54, 1.807) is 0 Å². The average molecular weight is 294 g/mol. The van der Waals surface area contributed by atoms with Crippen molar-refractivity contribution in [1.82, 2.24) is 9.80 Å². The number of Topliss-reactive ketones (excluding diaryl/α,β-unsaturated/α-hetero) is 1. The van der Waals surface area contributed by atoms with Gasteiger partial charge in [-0.05, 0) is 51.2 Å². The molecule has 1 aliphatic heterocycles. The lowest BCUT2D eigenvalue weighted by Gasteiger charge is -2.20. The Hall–Kier alpha value is -1.46. The number of carbonyl (C=O) groups excluding carboxylic acids is 1. The minimum Gasteiger partial charge on any atom is -0.496 e. The van der Waals surface area contributed by atoms with E-state index in [2.05, 4.69) is 11.9 Å². The van der Waals surface area contributed by atoms with Crippen LogP contribution in [-0.2, 0) is 0 Å². The van der Waals surface area contributed by atoms with Crippen molar-refractivity contribution in [1.29, 1.82) is 0 Å². The van der Waals surface area contributed by atoms with E-state index in [1.807, 2.05) is 11.9 Å². The second-order valence-corrected chi connectivity index (χ2v) is 5.88. The lowest BCUT2D eigenvalue weighted by Crippen LogP contribution is -2.32. The van der Waals surface area contributed by atoms with Crippen LogP contribution in [0.15, 0.2) is 18.2 Å². The van der Waals surface area contributed by atoms with Crippen LogP contribution < -0.4 is 4.74 Å². The Balaban J connectivity index is 1.96. The molecule has 0 aromatic heterocycles. The van der Waals surface area contributed by atoms with Gasteiger partial charge in [0.1, 0.15) is 11.6 Å².